The first-order valence-corrected chi connectivity index (χ1v) is 7.47. The molecule has 0 unspecified atom stereocenters. The van der Waals surface area contributed by atoms with Crippen molar-refractivity contribution in [3.8, 4) is 0 Å². The highest BCUT2D eigenvalue weighted by atomic mass is 32.2. The Morgan fingerprint density at radius 3 is 2.25 bits per heavy atom. The van der Waals surface area contributed by atoms with Crippen molar-refractivity contribution in [1.82, 2.24) is 9.62 Å². The number of nitrogens with one attached hydrogen (secondary N) is 1. The molecule has 1 aromatic rings. The molecule has 0 spiro atoms. The first-order chi connectivity index (χ1) is 9.13. The number of hydrogen-bond donors (Lipinski definition) is 1. The van der Waals surface area contributed by atoms with Gasteiger partial charge in [0.25, 0.3) is 0 Å². The summed E-state index contributed by atoms with van der Waals surface area (Å²) < 4.78 is 65.8. The Labute approximate surface area is 115 Å². The lowest BCUT2D eigenvalue weighted by atomic mass is 10.0. The van der Waals surface area contributed by atoms with Crippen LogP contribution in [0.3, 0.4) is 0 Å². The maximum Gasteiger partial charge on any atom is 0.249 e. The van der Waals surface area contributed by atoms with Crippen LogP contribution in [0.2, 0.25) is 0 Å². The Balaban J connectivity index is 2.46. The number of hydrogen-bond acceptors (Lipinski definition) is 3. The third-order valence-electron chi connectivity index (χ3n) is 3.10. The van der Waals surface area contributed by atoms with Crippen LogP contribution in [0.15, 0.2) is 17.0 Å². The van der Waals surface area contributed by atoms with Gasteiger partial charge in [-0.2, -0.15) is 4.31 Å². The molecule has 0 aromatic heterocycles. The summed E-state index contributed by atoms with van der Waals surface area (Å²) in [6.45, 7) is 4.11. The summed E-state index contributed by atoms with van der Waals surface area (Å²) in [5, 5.41) is 3.10. The molecule has 8 heteroatoms. The van der Waals surface area contributed by atoms with Crippen molar-refractivity contribution < 1.29 is 21.6 Å². The second kappa shape index (κ2) is 5.01. The number of benzene rings is 1. The zero-order valence-corrected chi connectivity index (χ0v) is 11.9. The summed E-state index contributed by atoms with van der Waals surface area (Å²) in [5.74, 6) is -3.99. The first kappa shape index (κ1) is 15.3. The normalized spacial score (nSPS) is 20.1. The van der Waals surface area contributed by atoms with Crippen molar-refractivity contribution in [2.24, 2.45) is 0 Å². The predicted molar refractivity (Wildman–Crippen MR) is 67.2 cm³/mol. The van der Waals surface area contributed by atoms with Crippen LogP contribution >= 0.6 is 0 Å². The molecule has 1 aliphatic heterocycles. The van der Waals surface area contributed by atoms with E-state index in [1.165, 1.54) is 0 Å². The minimum Gasteiger partial charge on any atom is -0.309 e. The molecule has 112 valence electrons. The summed E-state index contributed by atoms with van der Waals surface area (Å²) in [5.41, 5.74) is -0.502. The van der Waals surface area contributed by atoms with Gasteiger partial charge in [-0.25, -0.2) is 21.6 Å². The second-order valence-electron chi connectivity index (χ2n) is 5.35. The van der Waals surface area contributed by atoms with Gasteiger partial charge >= 0.3 is 0 Å². The minimum atomic E-state index is -4.33. The molecule has 20 heavy (non-hydrogen) atoms. The van der Waals surface area contributed by atoms with Crippen LogP contribution in [0.1, 0.15) is 13.8 Å². The van der Waals surface area contributed by atoms with E-state index in [2.05, 4.69) is 5.32 Å². The molecule has 0 saturated carbocycles. The molecule has 0 amide bonds. The van der Waals surface area contributed by atoms with E-state index in [1.54, 1.807) is 13.8 Å². The van der Waals surface area contributed by atoms with E-state index in [0.29, 0.717) is 18.7 Å². The van der Waals surface area contributed by atoms with Gasteiger partial charge in [0, 0.05) is 37.3 Å². The van der Waals surface area contributed by atoms with Crippen LogP contribution in [0.4, 0.5) is 13.2 Å². The average Bonchev–Trinajstić information content (AvgIpc) is 2.25. The molecule has 1 aliphatic rings. The average molecular weight is 308 g/mol. The van der Waals surface area contributed by atoms with E-state index in [4.69, 9.17) is 0 Å². The Morgan fingerprint density at radius 1 is 1.20 bits per heavy atom. The number of piperazine rings is 1. The quantitative estimate of drug-likeness (QED) is 0.900. The Bertz CT molecular complexity index is 609. The fraction of sp³-hybridized carbons (Fsp3) is 0.500. The molecular formula is C12H15F3N2O2S. The lowest BCUT2D eigenvalue weighted by Crippen LogP contribution is -2.58. The van der Waals surface area contributed by atoms with Crippen LogP contribution in [0, 0.1) is 17.5 Å². The maximum absolute atomic E-state index is 13.7. The summed E-state index contributed by atoms with van der Waals surface area (Å²) in [4.78, 5) is -1.10. The van der Waals surface area contributed by atoms with Gasteiger partial charge in [-0.3, -0.25) is 0 Å². The zero-order chi connectivity index (χ0) is 15.1. The van der Waals surface area contributed by atoms with Gasteiger partial charge in [-0.15, -0.1) is 0 Å². The van der Waals surface area contributed by atoms with E-state index >= 15 is 0 Å². The summed E-state index contributed by atoms with van der Waals surface area (Å²) >= 11 is 0. The molecule has 1 N–H and O–H groups in total. The maximum atomic E-state index is 13.7. The predicted octanol–water partition coefficient (Wildman–Crippen LogP) is 1.48. The topological polar surface area (TPSA) is 49.4 Å². The fourth-order valence-electron chi connectivity index (χ4n) is 2.20. The van der Waals surface area contributed by atoms with Gasteiger partial charge in [0.2, 0.25) is 10.0 Å². The van der Waals surface area contributed by atoms with Gasteiger partial charge in [0.15, 0.2) is 4.90 Å². The van der Waals surface area contributed by atoms with Gasteiger partial charge in [-0.05, 0) is 13.8 Å². The third kappa shape index (κ3) is 2.82. The molecule has 1 heterocycles. The molecule has 1 fully saturated rings. The lowest BCUT2D eigenvalue weighted by Gasteiger charge is -2.38. The van der Waals surface area contributed by atoms with Gasteiger partial charge in [-0.1, -0.05) is 0 Å². The number of halogens is 3. The SMILES string of the molecule is CC1(C)CN(S(=O)(=O)c2c(F)cc(F)cc2F)CCN1. The van der Waals surface area contributed by atoms with E-state index in [1.807, 2.05) is 0 Å². The van der Waals surface area contributed by atoms with Crippen LogP contribution in [-0.2, 0) is 10.0 Å². The Hall–Kier alpha value is -1.12. The highest BCUT2D eigenvalue weighted by Crippen LogP contribution is 2.26. The van der Waals surface area contributed by atoms with Crippen molar-refractivity contribution in [3.63, 3.8) is 0 Å². The summed E-state index contributed by atoms with van der Waals surface area (Å²) in [6.07, 6.45) is 0. The molecule has 1 saturated heterocycles. The lowest BCUT2D eigenvalue weighted by molar-refractivity contribution is 0.232. The summed E-state index contributed by atoms with van der Waals surface area (Å²) in [6, 6.07) is 0.729. The highest BCUT2D eigenvalue weighted by Gasteiger charge is 2.37. The third-order valence-corrected chi connectivity index (χ3v) is 4.99. The smallest absolute Gasteiger partial charge is 0.249 e. The number of sulfonamides is 1. The summed E-state index contributed by atoms with van der Waals surface area (Å²) in [7, 11) is -4.33. The van der Waals surface area contributed by atoms with Crippen molar-refractivity contribution in [1.29, 1.82) is 0 Å². The van der Waals surface area contributed by atoms with Gasteiger partial charge in [0.05, 0.1) is 0 Å². The molecule has 0 atom stereocenters. The number of nitrogens with zero attached hydrogens (tertiary/aromatic N) is 1. The molecule has 1 aromatic carbocycles. The molecule has 4 nitrogen and oxygen atoms in total. The van der Waals surface area contributed by atoms with Crippen LogP contribution in [-0.4, -0.2) is 37.9 Å². The van der Waals surface area contributed by atoms with Crippen molar-refractivity contribution in [2.45, 2.75) is 24.3 Å². The van der Waals surface area contributed by atoms with Crippen molar-refractivity contribution in [3.05, 3.63) is 29.6 Å². The van der Waals surface area contributed by atoms with Crippen LogP contribution < -0.4 is 5.32 Å². The van der Waals surface area contributed by atoms with Crippen molar-refractivity contribution >= 4 is 10.0 Å². The molecule has 0 aliphatic carbocycles. The van der Waals surface area contributed by atoms with E-state index in [9.17, 15) is 21.6 Å². The van der Waals surface area contributed by atoms with Crippen LogP contribution in [0.5, 0.6) is 0 Å². The van der Waals surface area contributed by atoms with Gasteiger partial charge < -0.3 is 5.32 Å². The molecule has 0 radical (unpaired) electrons. The van der Waals surface area contributed by atoms with E-state index in [0.717, 1.165) is 4.31 Å². The molecular weight excluding hydrogens is 293 g/mol. The second-order valence-corrected chi connectivity index (χ2v) is 7.22. The highest BCUT2D eigenvalue weighted by molar-refractivity contribution is 7.89. The fourth-order valence-corrected chi connectivity index (χ4v) is 3.90. The minimum absolute atomic E-state index is 0.0750. The number of rotatable bonds is 2. The molecule has 2 rings (SSSR count). The monoisotopic (exact) mass is 308 g/mol. The Morgan fingerprint density at radius 2 is 1.75 bits per heavy atom. The first-order valence-electron chi connectivity index (χ1n) is 6.03. The van der Waals surface area contributed by atoms with E-state index < -0.39 is 37.9 Å². The standard InChI is InChI=1S/C12H15F3N2O2S/c1-12(2)7-17(4-3-16-12)20(18,19)11-9(14)5-8(13)6-10(11)15/h5-6,16H,3-4,7H2,1-2H3. The molecule has 0 bridgehead atoms. The van der Waals surface area contributed by atoms with Crippen molar-refractivity contribution in [2.75, 3.05) is 19.6 Å². The zero-order valence-electron chi connectivity index (χ0n) is 11.1. The largest absolute Gasteiger partial charge is 0.309 e. The van der Waals surface area contributed by atoms with E-state index in [-0.39, 0.29) is 13.1 Å². The Kier molecular flexibility index (Phi) is 3.83. The van der Waals surface area contributed by atoms with Crippen LogP contribution in [0.25, 0.3) is 0 Å². The van der Waals surface area contributed by atoms with Gasteiger partial charge in [0.1, 0.15) is 17.5 Å².